The number of nitro groups is 1. The van der Waals surface area contributed by atoms with Crippen molar-refractivity contribution in [2.45, 2.75) is 110 Å². The molecule has 0 bridgehead atoms. The molecule has 3 aromatic rings. The number of hydrogen-bond donors (Lipinski definition) is 2. The predicted molar refractivity (Wildman–Crippen MR) is 186 cm³/mol. The van der Waals surface area contributed by atoms with Crippen molar-refractivity contribution in [1.82, 2.24) is 0 Å². The molecule has 8 heteroatoms. The molecule has 46 heavy (non-hydrogen) atoms. The average Bonchev–Trinajstić information content (AvgIpc) is 2.99. The van der Waals surface area contributed by atoms with Crippen molar-refractivity contribution in [2.75, 3.05) is 13.2 Å². The van der Waals surface area contributed by atoms with E-state index in [1.807, 2.05) is 36.4 Å². The van der Waals surface area contributed by atoms with Crippen LogP contribution >= 0.6 is 0 Å². The van der Waals surface area contributed by atoms with Crippen molar-refractivity contribution in [3.05, 3.63) is 92.5 Å². The molecule has 0 saturated heterocycles. The summed E-state index contributed by atoms with van der Waals surface area (Å²) in [4.78, 5) is 15.6. The largest absolute Gasteiger partial charge is 0.502 e. The molecule has 0 unspecified atom stereocenters. The molecular formula is C38H52N2O6. The van der Waals surface area contributed by atoms with Crippen molar-refractivity contribution in [2.24, 2.45) is 4.99 Å². The van der Waals surface area contributed by atoms with E-state index in [2.05, 4.69) is 55.4 Å². The zero-order valence-corrected chi connectivity index (χ0v) is 29.0. The summed E-state index contributed by atoms with van der Waals surface area (Å²) in [6.07, 6.45) is 4.99. The van der Waals surface area contributed by atoms with Crippen molar-refractivity contribution < 1.29 is 24.6 Å². The number of nitro benzene ring substituents is 1. The van der Waals surface area contributed by atoms with Crippen LogP contribution in [0.3, 0.4) is 0 Å². The third kappa shape index (κ3) is 8.46. The molecule has 0 saturated carbocycles. The number of aliphatic imine (C=N–C) groups is 1. The van der Waals surface area contributed by atoms with Crippen LogP contribution in [0.25, 0.3) is 0 Å². The number of phenols is 1. The highest BCUT2D eigenvalue weighted by molar-refractivity contribution is 5.85. The van der Waals surface area contributed by atoms with Crippen LogP contribution in [0.5, 0.6) is 17.2 Å². The molecule has 0 heterocycles. The number of aromatic hydroxyl groups is 1. The molecule has 8 nitrogen and oxygen atoms in total. The third-order valence-corrected chi connectivity index (χ3v) is 8.31. The van der Waals surface area contributed by atoms with Gasteiger partial charge in [0.1, 0.15) is 17.1 Å². The summed E-state index contributed by atoms with van der Waals surface area (Å²) in [6.45, 7) is 19.7. The van der Waals surface area contributed by atoms with Crippen LogP contribution in [0.2, 0.25) is 0 Å². The van der Waals surface area contributed by atoms with Crippen LogP contribution in [0, 0.1) is 10.1 Å². The van der Waals surface area contributed by atoms with E-state index in [-0.39, 0.29) is 16.4 Å². The van der Waals surface area contributed by atoms with Gasteiger partial charge in [0, 0.05) is 29.0 Å². The standard InChI is InChI=1S/C38H52N2O6/c1-10-12-21-45-33-19-17-28(36(4,5)6)23-30(33)38(42,26(3)39-25-27-15-14-16-32(35(27)41)40(43)44)31-24-29(37(7,8)9)18-20-34(31)46-22-13-11-2/h14-20,23-26,41-42H,10-13,21-22H2,1-9H3/t26-/m1/s1. The number of rotatable bonds is 14. The molecule has 0 aromatic heterocycles. The molecule has 0 aliphatic carbocycles. The number of hydrogen-bond acceptors (Lipinski definition) is 7. The fourth-order valence-corrected chi connectivity index (χ4v) is 5.19. The summed E-state index contributed by atoms with van der Waals surface area (Å²) in [5, 5.41) is 35.5. The van der Waals surface area contributed by atoms with Crippen molar-refractivity contribution in [3.63, 3.8) is 0 Å². The Morgan fingerprint density at radius 2 is 1.33 bits per heavy atom. The van der Waals surface area contributed by atoms with Crippen LogP contribution in [-0.4, -0.2) is 40.6 Å². The first-order valence-electron chi connectivity index (χ1n) is 16.3. The van der Waals surface area contributed by atoms with Gasteiger partial charge in [-0.05, 0) is 72.1 Å². The summed E-state index contributed by atoms with van der Waals surface area (Å²) in [5.74, 6) is 0.610. The minimum absolute atomic E-state index is 0.175. The molecule has 0 spiro atoms. The molecule has 0 amide bonds. The van der Waals surface area contributed by atoms with E-state index in [1.165, 1.54) is 18.3 Å². The molecule has 3 rings (SSSR count). The highest BCUT2D eigenvalue weighted by Gasteiger charge is 2.43. The third-order valence-electron chi connectivity index (χ3n) is 8.31. The van der Waals surface area contributed by atoms with E-state index in [1.54, 1.807) is 13.0 Å². The Kier molecular flexibility index (Phi) is 12.0. The van der Waals surface area contributed by atoms with Gasteiger partial charge in [-0.1, -0.05) is 86.4 Å². The van der Waals surface area contributed by atoms with Gasteiger partial charge in [0.15, 0.2) is 0 Å². The van der Waals surface area contributed by atoms with Gasteiger partial charge in [-0.2, -0.15) is 0 Å². The Hall–Kier alpha value is -3.91. The lowest BCUT2D eigenvalue weighted by molar-refractivity contribution is -0.385. The quantitative estimate of drug-likeness (QED) is 0.0793. The normalized spacial score (nSPS) is 13.2. The summed E-state index contributed by atoms with van der Waals surface area (Å²) in [5.41, 5.74) is 0.659. The zero-order chi connectivity index (χ0) is 34.3. The van der Waals surface area contributed by atoms with E-state index in [9.17, 15) is 20.3 Å². The predicted octanol–water partition coefficient (Wildman–Crippen LogP) is 9.00. The topological polar surface area (TPSA) is 114 Å². The van der Waals surface area contributed by atoms with Gasteiger partial charge in [-0.25, -0.2) is 0 Å². The second-order valence-electron chi connectivity index (χ2n) is 14.0. The molecule has 1 atom stereocenters. The lowest BCUT2D eigenvalue weighted by Crippen LogP contribution is -2.39. The van der Waals surface area contributed by atoms with E-state index >= 15 is 0 Å². The summed E-state index contributed by atoms with van der Waals surface area (Å²) < 4.78 is 12.7. The van der Waals surface area contributed by atoms with Crippen LogP contribution in [0.4, 0.5) is 5.69 Å². The van der Waals surface area contributed by atoms with Gasteiger partial charge >= 0.3 is 5.69 Å². The Morgan fingerprint density at radius 3 is 1.74 bits per heavy atom. The smallest absolute Gasteiger partial charge is 0.311 e. The summed E-state index contributed by atoms with van der Waals surface area (Å²) in [6, 6.07) is 15.3. The molecule has 2 N–H and O–H groups in total. The molecule has 0 fully saturated rings. The first kappa shape index (κ1) is 36.6. The van der Waals surface area contributed by atoms with Crippen molar-refractivity contribution in [1.29, 1.82) is 0 Å². The number of ether oxygens (including phenoxy) is 2. The van der Waals surface area contributed by atoms with Crippen LogP contribution in [0.15, 0.2) is 59.6 Å². The lowest BCUT2D eigenvalue weighted by Gasteiger charge is -2.37. The molecule has 3 aromatic carbocycles. The minimum Gasteiger partial charge on any atom is -0.502 e. The minimum atomic E-state index is -1.77. The number of nitrogens with zero attached hydrogens (tertiary/aromatic N) is 2. The van der Waals surface area contributed by atoms with Crippen LogP contribution in [0.1, 0.15) is 116 Å². The van der Waals surface area contributed by atoms with Crippen molar-refractivity contribution >= 4 is 11.9 Å². The van der Waals surface area contributed by atoms with Crippen LogP contribution in [-0.2, 0) is 16.4 Å². The highest BCUT2D eigenvalue weighted by atomic mass is 16.6. The molecular weight excluding hydrogens is 580 g/mol. The number of unbranched alkanes of at least 4 members (excludes halogenated alkanes) is 2. The molecule has 0 radical (unpaired) electrons. The van der Waals surface area contributed by atoms with E-state index in [0.717, 1.165) is 36.8 Å². The van der Waals surface area contributed by atoms with E-state index in [4.69, 9.17) is 14.5 Å². The molecule has 0 aliphatic rings. The number of phenolic OH excluding ortho intramolecular Hbond substituents is 1. The fourth-order valence-electron chi connectivity index (χ4n) is 5.19. The Bertz CT molecular complexity index is 1450. The Morgan fingerprint density at radius 1 is 0.848 bits per heavy atom. The summed E-state index contributed by atoms with van der Waals surface area (Å²) >= 11 is 0. The van der Waals surface area contributed by atoms with Gasteiger partial charge in [-0.3, -0.25) is 15.1 Å². The van der Waals surface area contributed by atoms with Crippen LogP contribution < -0.4 is 9.47 Å². The highest BCUT2D eigenvalue weighted by Crippen LogP contribution is 2.46. The number of aliphatic hydroxyl groups is 1. The Balaban J connectivity index is 2.39. The summed E-state index contributed by atoms with van der Waals surface area (Å²) in [7, 11) is 0. The van der Waals surface area contributed by atoms with Gasteiger partial charge in [-0.15, -0.1) is 0 Å². The zero-order valence-electron chi connectivity index (χ0n) is 29.0. The molecule has 0 aliphatic heterocycles. The number of para-hydroxylation sites is 1. The molecule has 250 valence electrons. The van der Waals surface area contributed by atoms with Gasteiger partial charge in [0.05, 0.1) is 24.2 Å². The fraction of sp³-hybridized carbons (Fsp3) is 0.500. The first-order valence-corrected chi connectivity index (χ1v) is 16.3. The van der Waals surface area contributed by atoms with Crippen molar-refractivity contribution in [3.8, 4) is 17.2 Å². The van der Waals surface area contributed by atoms with Gasteiger partial charge in [0.2, 0.25) is 5.75 Å². The van der Waals surface area contributed by atoms with E-state index < -0.39 is 28.0 Å². The average molecular weight is 633 g/mol. The number of benzene rings is 3. The van der Waals surface area contributed by atoms with Gasteiger partial charge in [0.25, 0.3) is 0 Å². The second kappa shape index (κ2) is 15.1. The maximum Gasteiger partial charge on any atom is 0.311 e. The Labute approximate surface area is 274 Å². The first-order chi connectivity index (χ1) is 21.5. The maximum atomic E-state index is 13.3. The van der Waals surface area contributed by atoms with Gasteiger partial charge < -0.3 is 19.7 Å². The second-order valence-corrected chi connectivity index (χ2v) is 14.0. The SMILES string of the molecule is CCCCOc1ccc(C(C)(C)C)cc1C(O)(c1cc(C(C)(C)C)ccc1OCCCC)[C@@H](C)N=Cc1cccc([N+](=O)[O-])c1O. The lowest BCUT2D eigenvalue weighted by atomic mass is 9.75. The monoisotopic (exact) mass is 632 g/mol. The van der Waals surface area contributed by atoms with E-state index in [0.29, 0.717) is 35.8 Å². The maximum absolute atomic E-state index is 13.3.